The van der Waals surface area contributed by atoms with Crippen LogP contribution in [0.25, 0.3) is 5.76 Å². The molecule has 1 aliphatic rings. The zero-order chi connectivity index (χ0) is 22.7. The highest BCUT2D eigenvalue weighted by atomic mass is 16.5. The van der Waals surface area contributed by atoms with Crippen LogP contribution < -0.4 is 9.47 Å². The molecular weight excluding hydrogens is 406 g/mol. The largest absolute Gasteiger partial charge is 0.507 e. The van der Waals surface area contributed by atoms with Gasteiger partial charge in [0.25, 0.3) is 11.7 Å². The van der Waals surface area contributed by atoms with Gasteiger partial charge in [-0.15, -0.1) is 0 Å². The predicted molar refractivity (Wildman–Crippen MR) is 120 cm³/mol. The maximum atomic E-state index is 13.1. The van der Waals surface area contributed by atoms with Crippen LogP contribution >= 0.6 is 0 Å². The van der Waals surface area contributed by atoms with E-state index in [0.29, 0.717) is 22.6 Å². The van der Waals surface area contributed by atoms with E-state index in [0.717, 1.165) is 5.56 Å². The molecule has 1 amide bonds. The lowest BCUT2D eigenvalue weighted by molar-refractivity contribution is -0.140. The second kappa shape index (κ2) is 8.98. The predicted octanol–water partition coefficient (Wildman–Crippen LogP) is 4.33. The number of rotatable bonds is 6. The summed E-state index contributed by atoms with van der Waals surface area (Å²) in [4.78, 5) is 27.6. The molecule has 0 aliphatic carbocycles. The SMILES string of the molecule is COc1ccc(/C(O)=C2\C(=O)C(=O)N(Cc3ccccc3)C2c2ccc(OC)cc2)cc1. The smallest absolute Gasteiger partial charge is 0.295 e. The van der Waals surface area contributed by atoms with Crippen molar-refractivity contribution < 1.29 is 24.2 Å². The first kappa shape index (κ1) is 21.2. The molecule has 1 unspecified atom stereocenters. The number of carbonyl (C=O) groups excluding carboxylic acids is 2. The van der Waals surface area contributed by atoms with Gasteiger partial charge in [-0.2, -0.15) is 0 Å². The van der Waals surface area contributed by atoms with Crippen LogP contribution in [0.4, 0.5) is 0 Å². The molecule has 162 valence electrons. The zero-order valence-electron chi connectivity index (χ0n) is 17.8. The van der Waals surface area contributed by atoms with Gasteiger partial charge in [0.1, 0.15) is 17.3 Å². The quantitative estimate of drug-likeness (QED) is 0.359. The van der Waals surface area contributed by atoms with E-state index in [2.05, 4.69) is 0 Å². The molecule has 4 rings (SSSR count). The lowest BCUT2D eigenvalue weighted by Gasteiger charge is -2.25. The number of ketones is 1. The molecular formula is C26H23NO5. The molecule has 6 nitrogen and oxygen atoms in total. The first-order valence-electron chi connectivity index (χ1n) is 10.1. The molecule has 0 spiro atoms. The second-order valence-corrected chi connectivity index (χ2v) is 7.41. The topological polar surface area (TPSA) is 76.1 Å². The number of nitrogens with zero attached hydrogens (tertiary/aromatic N) is 1. The number of benzene rings is 3. The van der Waals surface area contributed by atoms with Crippen LogP contribution in [0.5, 0.6) is 11.5 Å². The zero-order valence-corrected chi connectivity index (χ0v) is 17.8. The number of likely N-dealkylation sites (tertiary alicyclic amines) is 1. The summed E-state index contributed by atoms with van der Waals surface area (Å²) < 4.78 is 10.4. The molecule has 1 fully saturated rings. The van der Waals surface area contributed by atoms with E-state index in [1.54, 1.807) is 62.8 Å². The average molecular weight is 429 g/mol. The van der Waals surface area contributed by atoms with E-state index in [4.69, 9.17) is 9.47 Å². The molecule has 3 aromatic carbocycles. The Balaban J connectivity index is 1.83. The molecule has 0 aromatic heterocycles. The van der Waals surface area contributed by atoms with E-state index < -0.39 is 17.7 Å². The summed E-state index contributed by atoms with van der Waals surface area (Å²) in [5.41, 5.74) is 2.08. The summed E-state index contributed by atoms with van der Waals surface area (Å²) in [6.07, 6.45) is 0. The summed E-state index contributed by atoms with van der Waals surface area (Å²) in [7, 11) is 3.12. The fourth-order valence-corrected chi connectivity index (χ4v) is 3.86. The third-order valence-corrected chi connectivity index (χ3v) is 5.53. The summed E-state index contributed by atoms with van der Waals surface area (Å²) in [6.45, 7) is 0.238. The number of aliphatic hydroxyl groups excluding tert-OH is 1. The molecule has 1 saturated heterocycles. The average Bonchev–Trinajstić information content (AvgIpc) is 3.09. The molecule has 1 heterocycles. The highest BCUT2D eigenvalue weighted by molar-refractivity contribution is 6.46. The van der Waals surface area contributed by atoms with Crippen LogP contribution in [-0.2, 0) is 16.1 Å². The maximum absolute atomic E-state index is 13.1. The van der Waals surface area contributed by atoms with Gasteiger partial charge in [-0.25, -0.2) is 0 Å². The molecule has 1 atom stereocenters. The Hall–Kier alpha value is -4.06. The normalized spacial score (nSPS) is 17.4. The Bertz CT molecular complexity index is 1150. The van der Waals surface area contributed by atoms with Gasteiger partial charge in [0, 0.05) is 12.1 Å². The first-order chi connectivity index (χ1) is 15.5. The maximum Gasteiger partial charge on any atom is 0.295 e. The number of aliphatic hydroxyl groups is 1. The van der Waals surface area contributed by atoms with E-state index in [-0.39, 0.29) is 17.9 Å². The minimum absolute atomic E-state index is 0.0567. The number of carbonyl (C=O) groups is 2. The number of hydrogen-bond acceptors (Lipinski definition) is 5. The van der Waals surface area contributed by atoms with Crippen molar-refractivity contribution in [3.05, 3.63) is 101 Å². The fourth-order valence-electron chi connectivity index (χ4n) is 3.86. The third-order valence-electron chi connectivity index (χ3n) is 5.53. The lowest BCUT2D eigenvalue weighted by Crippen LogP contribution is -2.29. The van der Waals surface area contributed by atoms with Gasteiger partial charge in [0.2, 0.25) is 0 Å². The van der Waals surface area contributed by atoms with Crippen molar-refractivity contribution in [3.8, 4) is 11.5 Å². The highest BCUT2D eigenvalue weighted by Gasteiger charge is 2.46. The third kappa shape index (κ3) is 3.95. The Labute approximate surface area is 186 Å². The van der Waals surface area contributed by atoms with Crippen molar-refractivity contribution in [2.45, 2.75) is 12.6 Å². The number of methoxy groups -OCH3 is 2. The van der Waals surface area contributed by atoms with Crippen LogP contribution in [0.2, 0.25) is 0 Å². The Morgan fingerprint density at radius 3 is 1.97 bits per heavy atom. The van der Waals surface area contributed by atoms with Crippen molar-refractivity contribution in [1.29, 1.82) is 0 Å². The Kier molecular flexibility index (Phi) is 5.94. The monoisotopic (exact) mass is 429 g/mol. The second-order valence-electron chi connectivity index (χ2n) is 7.41. The van der Waals surface area contributed by atoms with Crippen molar-refractivity contribution in [1.82, 2.24) is 4.90 Å². The van der Waals surface area contributed by atoms with Gasteiger partial charge >= 0.3 is 0 Å². The summed E-state index contributed by atoms with van der Waals surface area (Å²) in [6, 6.07) is 22.5. The summed E-state index contributed by atoms with van der Waals surface area (Å²) in [5, 5.41) is 11.1. The first-order valence-corrected chi connectivity index (χ1v) is 10.1. The summed E-state index contributed by atoms with van der Waals surface area (Å²) >= 11 is 0. The number of ether oxygens (including phenoxy) is 2. The van der Waals surface area contributed by atoms with Crippen molar-refractivity contribution in [2.24, 2.45) is 0 Å². The van der Waals surface area contributed by atoms with E-state index in [9.17, 15) is 14.7 Å². The van der Waals surface area contributed by atoms with E-state index in [1.807, 2.05) is 30.3 Å². The van der Waals surface area contributed by atoms with E-state index in [1.165, 1.54) is 4.90 Å². The van der Waals surface area contributed by atoms with Crippen molar-refractivity contribution in [2.75, 3.05) is 14.2 Å². The molecule has 0 saturated carbocycles. The van der Waals surface area contributed by atoms with Gasteiger partial charge in [-0.3, -0.25) is 9.59 Å². The number of amides is 1. The number of Topliss-reactive ketones (excluding diaryl/α,β-unsaturated/α-hetero) is 1. The van der Waals surface area contributed by atoms with Crippen LogP contribution in [0, 0.1) is 0 Å². The molecule has 1 aliphatic heterocycles. The molecule has 0 radical (unpaired) electrons. The molecule has 3 aromatic rings. The molecule has 32 heavy (non-hydrogen) atoms. The van der Waals surface area contributed by atoms with Crippen LogP contribution in [0.3, 0.4) is 0 Å². The Morgan fingerprint density at radius 1 is 0.844 bits per heavy atom. The van der Waals surface area contributed by atoms with E-state index >= 15 is 0 Å². The fraction of sp³-hybridized carbons (Fsp3) is 0.154. The minimum atomic E-state index is -0.733. The molecule has 0 bridgehead atoms. The standard InChI is InChI=1S/C26H23NO5/c1-31-20-12-8-18(9-13-20)23-22(24(28)19-10-14-21(32-2)15-11-19)25(29)26(30)27(23)16-17-6-4-3-5-7-17/h3-15,23,28H,16H2,1-2H3/b24-22+. The number of hydrogen-bond donors (Lipinski definition) is 1. The summed E-state index contributed by atoms with van der Waals surface area (Å²) in [5.74, 6) is -0.302. The van der Waals surface area contributed by atoms with Crippen molar-refractivity contribution in [3.63, 3.8) is 0 Å². The van der Waals surface area contributed by atoms with Crippen LogP contribution in [0.15, 0.2) is 84.4 Å². The van der Waals surface area contributed by atoms with Gasteiger partial charge in [-0.1, -0.05) is 42.5 Å². The van der Waals surface area contributed by atoms with Crippen LogP contribution in [-0.4, -0.2) is 35.9 Å². The van der Waals surface area contributed by atoms with Gasteiger partial charge < -0.3 is 19.5 Å². The van der Waals surface area contributed by atoms with Gasteiger partial charge in [-0.05, 0) is 47.5 Å². The molecule has 1 N–H and O–H groups in total. The minimum Gasteiger partial charge on any atom is -0.507 e. The van der Waals surface area contributed by atoms with Crippen molar-refractivity contribution >= 4 is 17.4 Å². The molecule has 6 heteroatoms. The van der Waals surface area contributed by atoms with Gasteiger partial charge in [0.05, 0.1) is 25.8 Å². The lowest BCUT2D eigenvalue weighted by atomic mass is 9.95. The van der Waals surface area contributed by atoms with Crippen LogP contribution in [0.1, 0.15) is 22.7 Å². The Morgan fingerprint density at radius 2 is 1.41 bits per heavy atom. The highest BCUT2D eigenvalue weighted by Crippen LogP contribution is 2.40. The van der Waals surface area contributed by atoms with Gasteiger partial charge in [0.15, 0.2) is 0 Å².